The van der Waals surface area contributed by atoms with E-state index in [-0.39, 0.29) is 6.10 Å². The molecule has 4 nitrogen and oxygen atoms in total. The predicted molar refractivity (Wildman–Crippen MR) is 70.9 cm³/mol. The van der Waals surface area contributed by atoms with Crippen molar-refractivity contribution in [3.05, 3.63) is 30.1 Å². The molecule has 5 heteroatoms. The number of aromatic nitrogens is 1. The number of pyridine rings is 1. The first-order valence-corrected chi connectivity index (χ1v) is 6.18. The van der Waals surface area contributed by atoms with Crippen LogP contribution in [0.1, 0.15) is 5.56 Å². The zero-order chi connectivity index (χ0) is 12.1. The quantitative estimate of drug-likeness (QED) is 0.795. The van der Waals surface area contributed by atoms with Crippen molar-refractivity contribution in [2.24, 2.45) is 5.73 Å². The molecule has 0 aliphatic carbocycles. The number of thiocarbonyl (C=S) groups is 1. The Kier molecular flexibility index (Phi) is 4.42. The molecule has 2 heterocycles. The minimum atomic E-state index is -0.0869. The average Bonchev–Trinajstić information content (AvgIpc) is 2.38. The lowest BCUT2D eigenvalue weighted by atomic mass is 10.2. The highest BCUT2D eigenvalue weighted by Gasteiger charge is 2.21. The van der Waals surface area contributed by atoms with Crippen LogP contribution in [-0.4, -0.2) is 47.2 Å². The number of nitrogens with two attached hydrogens (primary N) is 1. The van der Waals surface area contributed by atoms with Crippen LogP contribution in [0.15, 0.2) is 24.5 Å². The van der Waals surface area contributed by atoms with Gasteiger partial charge in [-0.25, -0.2) is 0 Å². The van der Waals surface area contributed by atoms with Crippen LogP contribution in [0.2, 0.25) is 0 Å². The predicted octanol–water partition coefficient (Wildman–Crippen LogP) is 0.611. The lowest BCUT2D eigenvalue weighted by Gasteiger charge is -2.32. The van der Waals surface area contributed by atoms with Gasteiger partial charge in [0, 0.05) is 32.0 Å². The Hall–Kier alpha value is -1.04. The average molecular weight is 251 g/mol. The van der Waals surface area contributed by atoms with Gasteiger partial charge in [0.25, 0.3) is 0 Å². The summed E-state index contributed by atoms with van der Waals surface area (Å²) in [7, 11) is 0. The van der Waals surface area contributed by atoms with Gasteiger partial charge in [0.05, 0.1) is 6.61 Å². The van der Waals surface area contributed by atoms with Crippen LogP contribution in [0.5, 0.6) is 0 Å². The van der Waals surface area contributed by atoms with E-state index in [0.717, 1.165) is 26.1 Å². The van der Waals surface area contributed by atoms with Gasteiger partial charge < -0.3 is 10.5 Å². The van der Waals surface area contributed by atoms with Crippen molar-refractivity contribution in [3.63, 3.8) is 0 Å². The van der Waals surface area contributed by atoms with Crippen LogP contribution < -0.4 is 5.73 Å². The number of nitrogens with zero attached hydrogens (tertiary/aromatic N) is 2. The van der Waals surface area contributed by atoms with Gasteiger partial charge in [-0.05, 0) is 24.1 Å². The molecule has 0 radical (unpaired) electrons. The van der Waals surface area contributed by atoms with Gasteiger partial charge in [-0.3, -0.25) is 9.88 Å². The summed E-state index contributed by atoms with van der Waals surface area (Å²) >= 11 is 4.96. The first-order valence-electron chi connectivity index (χ1n) is 5.78. The van der Waals surface area contributed by atoms with E-state index in [1.807, 2.05) is 24.5 Å². The molecule has 1 aromatic rings. The molecule has 1 aliphatic rings. The highest BCUT2D eigenvalue weighted by Crippen LogP contribution is 2.07. The molecule has 1 aliphatic heterocycles. The fraction of sp³-hybridized carbons (Fsp3) is 0.500. The van der Waals surface area contributed by atoms with E-state index in [1.54, 1.807) is 0 Å². The molecular weight excluding hydrogens is 234 g/mol. The summed E-state index contributed by atoms with van der Waals surface area (Å²) < 4.78 is 5.50. The Morgan fingerprint density at radius 1 is 1.53 bits per heavy atom. The zero-order valence-corrected chi connectivity index (χ0v) is 10.5. The molecule has 92 valence electrons. The molecule has 0 bridgehead atoms. The maximum atomic E-state index is 5.61. The highest BCUT2D eigenvalue weighted by molar-refractivity contribution is 7.80. The van der Waals surface area contributed by atoms with E-state index >= 15 is 0 Å². The Bertz CT molecular complexity index is 371. The molecule has 0 aromatic carbocycles. The van der Waals surface area contributed by atoms with E-state index < -0.39 is 0 Å². The van der Waals surface area contributed by atoms with Crippen molar-refractivity contribution in [3.8, 4) is 0 Å². The van der Waals surface area contributed by atoms with E-state index in [4.69, 9.17) is 22.7 Å². The van der Waals surface area contributed by atoms with Gasteiger partial charge in [-0.1, -0.05) is 12.2 Å². The van der Waals surface area contributed by atoms with Crippen LogP contribution in [-0.2, 0) is 11.2 Å². The molecule has 0 spiro atoms. The third-order valence-electron chi connectivity index (χ3n) is 2.93. The van der Waals surface area contributed by atoms with Crippen LogP contribution in [0, 0.1) is 0 Å². The summed E-state index contributed by atoms with van der Waals surface area (Å²) in [6.45, 7) is 3.47. The molecule has 1 atom stereocenters. The highest BCUT2D eigenvalue weighted by atomic mass is 32.1. The molecular formula is C12H17N3OS. The van der Waals surface area contributed by atoms with Crippen LogP contribution in [0.4, 0.5) is 0 Å². The molecule has 0 saturated carbocycles. The summed E-state index contributed by atoms with van der Waals surface area (Å²) in [4.78, 5) is 6.81. The Labute approximate surface area is 107 Å². The van der Waals surface area contributed by atoms with Crippen LogP contribution in [0.3, 0.4) is 0 Å². The minimum Gasteiger partial charge on any atom is -0.391 e. The number of morpholine rings is 1. The lowest BCUT2D eigenvalue weighted by Crippen LogP contribution is -2.48. The second-order valence-electron chi connectivity index (χ2n) is 4.17. The zero-order valence-electron chi connectivity index (χ0n) is 9.71. The van der Waals surface area contributed by atoms with Gasteiger partial charge in [-0.15, -0.1) is 0 Å². The Balaban J connectivity index is 1.81. The van der Waals surface area contributed by atoms with Crippen LogP contribution >= 0.6 is 12.2 Å². The van der Waals surface area contributed by atoms with Crippen molar-refractivity contribution in [1.29, 1.82) is 0 Å². The minimum absolute atomic E-state index is 0.0869. The SMILES string of the molecule is NC(=S)C1CN(CCc2ccncc2)CCO1. The summed E-state index contributed by atoms with van der Waals surface area (Å²) in [6, 6.07) is 4.09. The van der Waals surface area contributed by atoms with Gasteiger partial charge in [0.2, 0.25) is 0 Å². The number of hydrogen-bond acceptors (Lipinski definition) is 4. The molecule has 2 rings (SSSR count). The monoisotopic (exact) mass is 251 g/mol. The molecule has 0 amide bonds. The van der Waals surface area contributed by atoms with Crippen molar-refractivity contribution in [1.82, 2.24) is 9.88 Å². The lowest BCUT2D eigenvalue weighted by molar-refractivity contribution is 0.00774. The van der Waals surface area contributed by atoms with Gasteiger partial charge in [0.1, 0.15) is 11.1 Å². The molecule has 1 fully saturated rings. The maximum absolute atomic E-state index is 5.61. The molecule has 17 heavy (non-hydrogen) atoms. The van der Waals surface area contributed by atoms with Gasteiger partial charge >= 0.3 is 0 Å². The summed E-state index contributed by atoms with van der Waals surface area (Å²) in [6.07, 6.45) is 4.59. The van der Waals surface area contributed by atoms with E-state index in [2.05, 4.69) is 9.88 Å². The number of hydrogen-bond donors (Lipinski definition) is 1. The Morgan fingerprint density at radius 3 is 3.00 bits per heavy atom. The fourth-order valence-electron chi connectivity index (χ4n) is 1.91. The largest absolute Gasteiger partial charge is 0.391 e. The topological polar surface area (TPSA) is 51.4 Å². The second-order valence-corrected chi connectivity index (χ2v) is 4.64. The smallest absolute Gasteiger partial charge is 0.120 e. The van der Waals surface area contributed by atoms with Crippen molar-refractivity contribution >= 4 is 17.2 Å². The molecule has 1 saturated heterocycles. The number of ether oxygens (including phenoxy) is 1. The fourth-order valence-corrected chi connectivity index (χ4v) is 2.06. The summed E-state index contributed by atoms with van der Waals surface area (Å²) in [5.74, 6) is 0. The van der Waals surface area contributed by atoms with Crippen molar-refractivity contribution in [2.45, 2.75) is 12.5 Å². The summed E-state index contributed by atoms with van der Waals surface area (Å²) in [5.41, 5.74) is 6.91. The molecule has 1 aromatic heterocycles. The summed E-state index contributed by atoms with van der Waals surface area (Å²) in [5, 5.41) is 0. The molecule has 1 unspecified atom stereocenters. The van der Waals surface area contributed by atoms with Crippen molar-refractivity contribution < 1.29 is 4.74 Å². The van der Waals surface area contributed by atoms with Crippen LogP contribution in [0.25, 0.3) is 0 Å². The standard InChI is InChI=1S/C12H17N3OS/c13-12(17)11-9-15(7-8-16-11)6-3-10-1-4-14-5-2-10/h1-2,4-5,11H,3,6-9H2,(H2,13,17). The molecule has 2 N–H and O–H groups in total. The second kappa shape index (κ2) is 6.05. The first kappa shape index (κ1) is 12.4. The third kappa shape index (κ3) is 3.73. The maximum Gasteiger partial charge on any atom is 0.120 e. The van der Waals surface area contributed by atoms with E-state index in [0.29, 0.717) is 11.6 Å². The van der Waals surface area contributed by atoms with E-state index in [1.165, 1.54) is 5.56 Å². The van der Waals surface area contributed by atoms with Gasteiger partial charge in [0.15, 0.2) is 0 Å². The van der Waals surface area contributed by atoms with Crippen molar-refractivity contribution in [2.75, 3.05) is 26.2 Å². The Morgan fingerprint density at radius 2 is 2.29 bits per heavy atom. The van der Waals surface area contributed by atoms with E-state index in [9.17, 15) is 0 Å². The number of rotatable bonds is 4. The first-order chi connectivity index (χ1) is 8.25. The van der Waals surface area contributed by atoms with Gasteiger partial charge in [-0.2, -0.15) is 0 Å². The third-order valence-corrected chi connectivity index (χ3v) is 3.20. The normalized spacial score (nSPS) is 21.3.